The molecule has 0 atom stereocenters. The van der Waals surface area contributed by atoms with Gasteiger partial charge in [0, 0.05) is 11.9 Å². The van der Waals surface area contributed by atoms with Crippen LogP contribution in [0.3, 0.4) is 0 Å². The van der Waals surface area contributed by atoms with Crippen LogP contribution in [0.1, 0.15) is 174 Å². The molecule has 0 spiro atoms. The van der Waals surface area contributed by atoms with E-state index in [2.05, 4.69) is 24.4 Å². The first-order valence-electron chi connectivity index (χ1n) is 15.0. The van der Waals surface area contributed by atoms with Crippen LogP contribution >= 0.6 is 0 Å². The molecule has 0 saturated heterocycles. The normalized spacial score (nSPS) is 13.0. The van der Waals surface area contributed by atoms with Gasteiger partial charge in [-0.25, -0.2) is 0 Å². The van der Waals surface area contributed by atoms with Gasteiger partial charge in [0.2, 0.25) is 0 Å². The maximum absolute atomic E-state index is 4.35. The highest BCUT2D eigenvalue weighted by atomic mass is 14.9. The Balaban J connectivity index is 1.61. The molecule has 0 saturated carbocycles. The van der Waals surface area contributed by atoms with E-state index in [4.69, 9.17) is 0 Å². The van der Waals surface area contributed by atoms with E-state index in [1.54, 1.807) is 0 Å². The van der Waals surface area contributed by atoms with Gasteiger partial charge in [-0.2, -0.15) is 0 Å². The fourth-order valence-electron chi connectivity index (χ4n) is 4.93. The van der Waals surface area contributed by atoms with Crippen LogP contribution in [0.2, 0.25) is 0 Å². The standard InChI is InChI=1S/C31H58N/c1-2-3-4-5-6-7-8-9-10-11-12-13-14-15-16-17-18-19-20-21-22-23-24-25-26-28-31-29-27-30-32-31/h27,29-30H,2-26,28H2,1H3. The molecule has 0 fully saturated rings. The number of rotatable bonds is 26. The van der Waals surface area contributed by atoms with Crippen LogP contribution < -0.4 is 5.32 Å². The molecule has 0 N–H and O–H groups in total. The monoisotopic (exact) mass is 444 g/mol. The van der Waals surface area contributed by atoms with Crippen molar-refractivity contribution in [2.45, 2.75) is 174 Å². The number of allylic oxidation sites excluding steroid dienone is 3. The minimum atomic E-state index is 1.17. The van der Waals surface area contributed by atoms with E-state index in [-0.39, 0.29) is 0 Å². The summed E-state index contributed by atoms with van der Waals surface area (Å²) in [5.41, 5.74) is 1.28. The summed E-state index contributed by atoms with van der Waals surface area (Å²) in [7, 11) is 0. The molecule has 0 amide bonds. The Morgan fingerprint density at radius 2 is 0.750 bits per heavy atom. The summed E-state index contributed by atoms with van der Waals surface area (Å²) in [5.74, 6) is 0. The zero-order valence-electron chi connectivity index (χ0n) is 22.1. The minimum Gasteiger partial charge on any atom is -0.261 e. The molecule has 1 rings (SSSR count). The molecule has 1 aliphatic rings. The minimum absolute atomic E-state index is 1.17. The van der Waals surface area contributed by atoms with Crippen LogP contribution in [0.25, 0.3) is 0 Å². The van der Waals surface area contributed by atoms with Crippen LogP contribution in [0.4, 0.5) is 0 Å². The Kier molecular flexibility index (Phi) is 22.8. The van der Waals surface area contributed by atoms with Crippen molar-refractivity contribution in [1.82, 2.24) is 5.32 Å². The third-order valence-electron chi connectivity index (χ3n) is 7.15. The van der Waals surface area contributed by atoms with Crippen LogP contribution in [-0.4, -0.2) is 0 Å². The topological polar surface area (TPSA) is 14.1 Å². The van der Waals surface area contributed by atoms with Crippen LogP contribution in [0.15, 0.2) is 24.0 Å². The molecule has 1 nitrogen and oxygen atoms in total. The molecule has 0 aromatic heterocycles. The summed E-state index contributed by atoms with van der Waals surface area (Å²) in [5, 5.41) is 4.35. The molecule has 1 heteroatoms. The molecule has 0 bridgehead atoms. The van der Waals surface area contributed by atoms with Gasteiger partial charge >= 0.3 is 0 Å². The van der Waals surface area contributed by atoms with Gasteiger partial charge < -0.3 is 0 Å². The largest absolute Gasteiger partial charge is 0.261 e. The Morgan fingerprint density at radius 1 is 0.438 bits per heavy atom. The summed E-state index contributed by atoms with van der Waals surface area (Å²) in [6.45, 7) is 2.30. The van der Waals surface area contributed by atoms with Gasteiger partial charge in [0.25, 0.3) is 0 Å². The average molecular weight is 445 g/mol. The van der Waals surface area contributed by atoms with Crippen LogP contribution in [0, 0.1) is 0 Å². The maximum Gasteiger partial charge on any atom is 0.0404 e. The predicted molar refractivity (Wildman–Crippen MR) is 145 cm³/mol. The highest BCUT2D eigenvalue weighted by Gasteiger charge is 2.00. The smallest absolute Gasteiger partial charge is 0.0404 e. The second-order valence-corrected chi connectivity index (χ2v) is 10.4. The zero-order valence-corrected chi connectivity index (χ0v) is 22.1. The molecule has 187 valence electrons. The van der Waals surface area contributed by atoms with E-state index in [9.17, 15) is 0 Å². The summed E-state index contributed by atoms with van der Waals surface area (Å²) < 4.78 is 0. The van der Waals surface area contributed by atoms with Gasteiger partial charge in [0.1, 0.15) is 0 Å². The third-order valence-corrected chi connectivity index (χ3v) is 7.15. The summed E-state index contributed by atoms with van der Waals surface area (Å²) in [6, 6.07) is 0. The van der Waals surface area contributed by atoms with Gasteiger partial charge in [-0.3, -0.25) is 5.32 Å². The molecule has 1 radical (unpaired) electrons. The highest BCUT2D eigenvalue weighted by molar-refractivity contribution is 5.19. The Bertz CT molecular complexity index is 422. The lowest BCUT2D eigenvalue weighted by Gasteiger charge is -2.04. The summed E-state index contributed by atoms with van der Waals surface area (Å²) in [6.07, 6.45) is 43.7. The van der Waals surface area contributed by atoms with Crippen molar-refractivity contribution in [1.29, 1.82) is 0 Å². The molecule has 1 aliphatic heterocycles. The molecule has 0 unspecified atom stereocenters. The second kappa shape index (κ2) is 24.9. The SMILES string of the molecule is CCCCCCCCCCCCCCCCCCCCCCCCCCCC1=CC=C[N]1. The van der Waals surface area contributed by atoms with E-state index in [1.807, 2.05) is 6.20 Å². The Morgan fingerprint density at radius 3 is 1.03 bits per heavy atom. The van der Waals surface area contributed by atoms with Gasteiger partial charge in [0.05, 0.1) is 0 Å². The first kappa shape index (κ1) is 29.3. The molecular weight excluding hydrogens is 386 g/mol. The molecule has 0 aliphatic carbocycles. The summed E-state index contributed by atoms with van der Waals surface area (Å²) in [4.78, 5) is 0. The average Bonchev–Trinajstić information content (AvgIpc) is 3.32. The first-order valence-corrected chi connectivity index (χ1v) is 15.0. The number of nitrogens with zero attached hydrogens (tertiary/aromatic N) is 1. The van der Waals surface area contributed by atoms with Crippen molar-refractivity contribution in [3.8, 4) is 0 Å². The molecule has 1 heterocycles. The third kappa shape index (κ3) is 21.1. The van der Waals surface area contributed by atoms with Gasteiger partial charge in [0.15, 0.2) is 0 Å². The Labute approximate surface area is 203 Å². The fraction of sp³-hybridized carbons (Fsp3) is 0.871. The van der Waals surface area contributed by atoms with Gasteiger partial charge in [-0.05, 0) is 25.0 Å². The van der Waals surface area contributed by atoms with Crippen LogP contribution in [0.5, 0.6) is 0 Å². The first-order chi connectivity index (χ1) is 15.9. The Hall–Kier alpha value is -0.720. The van der Waals surface area contributed by atoms with Crippen molar-refractivity contribution < 1.29 is 0 Å². The van der Waals surface area contributed by atoms with E-state index in [0.29, 0.717) is 0 Å². The highest BCUT2D eigenvalue weighted by Crippen LogP contribution is 2.16. The number of unbranched alkanes of at least 4 members (excludes halogenated alkanes) is 24. The van der Waals surface area contributed by atoms with Gasteiger partial charge in [-0.1, -0.05) is 161 Å². The van der Waals surface area contributed by atoms with E-state index in [1.165, 1.54) is 173 Å². The lowest BCUT2D eigenvalue weighted by molar-refractivity contribution is 0.516. The number of hydrogen-bond donors (Lipinski definition) is 0. The van der Waals surface area contributed by atoms with E-state index in [0.717, 1.165) is 0 Å². The quantitative estimate of drug-likeness (QED) is 0.118. The number of hydrogen-bond acceptors (Lipinski definition) is 0. The van der Waals surface area contributed by atoms with E-state index >= 15 is 0 Å². The van der Waals surface area contributed by atoms with Crippen molar-refractivity contribution in [3.05, 3.63) is 24.0 Å². The van der Waals surface area contributed by atoms with Crippen molar-refractivity contribution in [2.24, 2.45) is 0 Å². The van der Waals surface area contributed by atoms with Crippen molar-refractivity contribution in [3.63, 3.8) is 0 Å². The second-order valence-electron chi connectivity index (χ2n) is 10.4. The van der Waals surface area contributed by atoms with Gasteiger partial charge in [-0.15, -0.1) is 0 Å². The maximum atomic E-state index is 4.35. The lowest BCUT2D eigenvalue weighted by Crippen LogP contribution is -1.92. The summed E-state index contributed by atoms with van der Waals surface area (Å²) >= 11 is 0. The zero-order chi connectivity index (χ0) is 22.8. The predicted octanol–water partition coefficient (Wildman–Crippen LogP) is 11.2. The van der Waals surface area contributed by atoms with Crippen molar-refractivity contribution in [2.75, 3.05) is 0 Å². The molecule has 0 aromatic carbocycles. The lowest BCUT2D eigenvalue weighted by atomic mass is 10.0. The van der Waals surface area contributed by atoms with Crippen molar-refractivity contribution >= 4 is 0 Å². The molecule has 32 heavy (non-hydrogen) atoms. The van der Waals surface area contributed by atoms with Crippen LogP contribution in [-0.2, 0) is 0 Å². The fourth-order valence-corrected chi connectivity index (χ4v) is 4.93. The molecule has 0 aromatic rings. The molecular formula is C31H58N. The van der Waals surface area contributed by atoms with E-state index < -0.39 is 0 Å².